The normalized spacial score (nSPS) is 11.2. The molecule has 0 saturated carbocycles. The molecule has 2 rings (SSSR count). The highest BCUT2D eigenvalue weighted by Gasteiger charge is 2.16. The molecule has 0 fully saturated rings. The summed E-state index contributed by atoms with van der Waals surface area (Å²) in [6.45, 7) is 1.76. The lowest BCUT2D eigenvalue weighted by Gasteiger charge is -2.10. The van der Waals surface area contributed by atoms with Gasteiger partial charge in [0.05, 0.1) is 4.90 Å². The summed E-state index contributed by atoms with van der Waals surface area (Å²) in [6, 6.07) is 11.6. The molecule has 0 aromatic heterocycles. The number of aryl methyl sites for hydroxylation is 1. The summed E-state index contributed by atoms with van der Waals surface area (Å²) in [7, 11) is -2.26. The molecule has 5 nitrogen and oxygen atoms in total. The van der Waals surface area contributed by atoms with Gasteiger partial charge in [0, 0.05) is 15.7 Å². The van der Waals surface area contributed by atoms with E-state index in [9.17, 15) is 13.2 Å². The molecule has 22 heavy (non-hydrogen) atoms. The first-order valence-corrected chi connectivity index (χ1v) is 8.72. The van der Waals surface area contributed by atoms with Crippen molar-refractivity contribution in [3.63, 3.8) is 0 Å². The van der Waals surface area contributed by atoms with Gasteiger partial charge >= 0.3 is 0 Å². The Labute approximate surface area is 137 Å². The van der Waals surface area contributed by atoms with Crippen LogP contribution in [0, 0.1) is 6.92 Å². The van der Waals surface area contributed by atoms with Crippen molar-refractivity contribution >= 4 is 37.5 Å². The summed E-state index contributed by atoms with van der Waals surface area (Å²) in [6.07, 6.45) is 0. The van der Waals surface area contributed by atoms with Gasteiger partial charge < -0.3 is 5.32 Å². The number of nitrogens with one attached hydrogen (secondary N) is 2. The second-order valence-electron chi connectivity index (χ2n) is 4.65. The fourth-order valence-electron chi connectivity index (χ4n) is 1.86. The van der Waals surface area contributed by atoms with E-state index in [4.69, 9.17) is 0 Å². The number of anilines is 1. The lowest BCUT2D eigenvalue weighted by atomic mass is 10.1. The average Bonchev–Trinajstić information content (AvgIpc) is 2.49. The average molecular weight is 383 g/mol. The van der Waals surface area contributed by atoms with E-state index in [1.54, 1.807) is 25.1 Å². The number of rotatable bonds is 4. The maximum absolute atomic E-state index is 12.3. The molecule has 2 aromatic rings. The zero-order valence-electron chi connectivity index (χ0n) is 12.1. The Morgan fingerprint density at radius 2 is 1.73 bits per heavy atom. The number of carbonyl (C=O) groups excluding carboxylic acids is 1. The fourth-order valence-corrected chi connectivity index (χ4v) is 2.88. The van der Waals surface area contributed by atoms with E-state index in [1.807, 2.05) is 12.1 Å². The first-order valence-electron chi connectivity index (χ1n) is 6.44. The smallest absolute Gasteiger partial charge is 0.255 e. The van der Waals surface area contributed by atoms with Crippen LogP contribution in [-0.4, -0.2) is 21.4 Å². The molecule has 0 bridgehead atoms. The highest BCUT2D eigenvalue weighted by Crippen LogP contribution is 2.19. The molecule has 116 valence electrons. The lowest BCUT2D eigenvalue weighted by Crippen LogP contribution is -2.20. The summed E-state index contributed by atoms with van der Waals surface area (Å²) in [5.74, 6) is -0.354. The molecule has 1 amide bonds. The van der Waals surface area contributed by atoms with E-state index >= 15 is 0 Å². The van der Waals surface area contributed by atoms with Gasteiger partial charge in [0.15, 0.2) is 0 Å². The van der Waals surface area contributed by atoms with E-state index in [1.165, 1.54) is 19.2 Å². The Hall–Kier alpha value is -1.70. The minimum atomic E-state index is -3.59. The van der Waals surface area contributed by atoms with E-state index in [-0.39, 0.29) is 10.8 Å². The Bertz CT molecular complexity index is 802. The predicted molar refractivity (Wildman–Crippen MR) is 89.5 cm³/mol. The van der Waals surface area contributed by atoms with Gasteiger partial charge in [-0.3, -0.25) is 4.79 Å². The van der Waals surface area contributed by atoms with Crippen molar-refractivity contribution in [2.45, 2.75) is 11.8 Å². The Kier molecular flexibility index (Phi) is 5.00. The van der Waals surface area contributed by atoms with Crippen LogP contribution in [0.2, 0.25) is 0 Å². The standard InChI is InChI=1S/C15H15BrN2O3S/c1-10-3-8-13(22(20,21)17-2)9-14(10)15(19)18-12-6-4-11(16)5-7-12/h3-9,17H,1-2H3,(H,18,19). The first-order chi connectivity index (χ1) is 10.3. The maximum Gasteiger partial charge on any atom is 0.255 e. The van der Waals surface area contributed by atoms with E-state index < -0.39 is 10.0 Å². The Morgan fingerprint density at radius 1 is 1.09 bits per heavy atom. The predicted octanol–water partition coefficient (Wildman–Crippen LogP) is 2.92. The van der Waals surface area contributed by atoms with Gasteiger partial charge in [-0.2, -0.15) is 0 Å². The molecule has 0 spiro atoms. The van der Waals surface area contributed by atoms with Crippen LogP contribution in [0.4, 0.5) is 5.69 Å². The summed E-state index contributed by atoms with van der Waals surface area (Å²) < 4.78 is 26.8. The van der Waals surface area contributed by atoms with Gasteiger partial charge in [-0.1, -0.05) is 22.0 Å². The third-order valence-electron chi connectivity index (χ3n) is 3.13. The summed E-state index contributed by atoms with van der Waals surface area (Å²) in [4.78, 5) is 12.4. The molecule has 0 aliphatic heterocycles. The fraction of sp³-hybridized carbons (Fsp3) is 0.133. The number of amides is 1. The summed E-state index contributed by atoms with van der Waals surface area (Å²) in [5, 5.41) is 2.75. The monoisotopic (exact) mass is 382 g/mol. The molecule has 0 saturated heterocycles. The zero-order valence-corrected chi connectivity index (χ0v) is 14.5. The first kappa shape index (κ1) is 16.7. The number of sulfonamides is 1. The van der Waals surface area contributed by atoms with Crippen molar-refractivity contribution in [3.05, 3.63) is 58.1 Å². The van der Waals surface area contributed by atoms with Crippen LogP contribution in [0.1, 0.15) is 15.9 Å². The zero-order chi connectivity index (χ0) is 16.3. The van der Waals surface area contributed by atoms with Crippen LogP contribution in [0.15, 0.2) is 51.8 Å². The third kappa shape index (κ3) is 3.73. The maximum atomic E-state index is 12.3. The van der Waals surface area contributed by atoms with Gasteiger partial charge in [0.1, 0.15) is 0 Å². The van der Waals surface area contributed by atoms with Crippen LogP contribution < -0.4 is 10.0 Å². The SMILES string of the molecule is CNS(=O)(=O)c1ccc(C)c(C(=O)Nc2ccc(Br)cc2)c1. The van der Waals surface area contributed by atoms with Crippen LogP contribution in [0.5, 0.6) is 0 Å². The number of hydrogen-bond donors (Lipinski definition) is 2. The van der Waals surface area contributed by atoms with E-state index in [0.29, 0.717) is 16.8 Å². The minimum absolute atomic E-state index is 0.0570. The summed E-state index contributed by atoms with van der Waals surface area (Å²) in [5.41, 5.74) is 1.65. The van der Waals surface area contributed by atoms with E-state index in [0.717, 1.165) is 4.47 Å². The Balaban J connectivity index is 2.33. The van der Waals surface area contributed by atoms with Crippen molar-refractivity contribution in [1.29, 1.82) is 0 Å². The second kappa shape index (κ2) is 6.60. The molecule has 0 aliphatic carbocycles. The molecule has 0 atom stereocenters. The minimum Gasteiger partial charge on any atom is -0.322 e. The van der Waals surface area contributed by atoms with Gasteiger partial charge in [-0.05, 0) is 55.9 Å². The molecule has 2 aromatic carbocycles. The molecule has 0 heterocycles. The van der Waals surface area contributed by atoms with Gasteiger partial charge in [0.25, 0.3) is 5.91 Å². The summed E-state index contributed by atoms with van der Waals surface area (Å²) >= 11 is 3.32. The molecule has 0 unspecified atom stereocenters. The molecule has 0 aliphatic rings. The van der Waals surface area contributed by atoms with Crippen molar-refractivity contribution in [3.8, 4) is 0 Å². The Morgan fingerprint density at radius 3 is 2.32 bits per heavy atom. The number of carbonyl (C=O) groups is 1. The van der Waals surface area contributed by atoms with Crippen LogP contribution in [0.3, 0.4) is 0 Å². The highest BCUT2D eigenvalue weighted by molar-refractivity contribution is 9.10. The molecule has 2 N–H and O–H groups in total. The van der Waals surface area contributed by atoms with Gasteiger partial charge in [0.2, 0.25) is 10.0 Å². The molecule has 7 heteroatoms. The van der Waals surface area contributed by atoms with E-state index in [2.05, 4.69) is 26.0 Å². The van der Waals surface area contributed by atoms with Crippen LogP contribution in [0.25, 0.3) is 0 Å². The van der Waals surface area contributed by atoms with Crippen molar-refractivity contribution in [2.24, 2.45) is 0 Å². The van der Waals surface area contributed by atoms with Gasteiger partial charge in [-0.25, -0.2) is 13.1 Å². The number of hydrogen-bond acceptors (Lipinski definition) is 3. The van der Waals surface area contributed by atoms with Crippen molar-refractivity contribution < 1.29 is 13.2 Å². The largest absolute Gasteiger partial charge is 0.322 e. The molecular weight excluding hydrogens is 368 g/mol. The molecular formula is C15H15BrN2O3S. The van der Waals surface area contributed by atoms with Crippen molar-refractivity contribution in [2.75, 3.05) is 12.4 Å². The van der Waals surface area contributed by atoms with Crippen LogP contribution >= 0.6 is 15.9 Å². The topological polar surface area (TPSA) is 75.3 Å². The third-order valence-corrected chi connectivity index (χ3v) is 5.08. The lowest BCUT2D eigenvalue weighted by molar-refractivity contribution is 0.102. The number of benzene rings is 2. The quantitative estimate of drug-likeness (QED) is 0.853. The second-order valence-corrected chi connectivity index (χ2v) is 7.45. The van der Waals surface area contributed by atoms with Gasteiger partial charge in [-0.15, -0.1) is 0 Å². The number of halogens is 1. The highest BCUT2D eigenvalue weighted by atomic mass is 79.9. The van der Waals surface area contributed by atoms with Crippen LogP contribution in [-0.2, 0) is 10.0 Å². The molecule has 0 radical (unpaired) electrons. The van der Waals surface area contributed by atoms with Crippen molar-refractivity contribution in [1.82, 2.24) is 4.72 Å².